The van der Waals surface area contributed by atoms with Crippen LogP contribution in [0, 0.1) is 0 Å². The average Bonchev–Trinajstić information content (AvgIpc) is 2.79. The van der Waals surface area contributed by atoms with E-state index in [1.165, 1.54) is 89.9 Å². The van der Waals surface area contributed by atoms with Crippen molar-refractivity contribution < 1.29 is 13.6 Å². The summed E-state index contributed by atoms with van der Waals surface area (Å²) in [6.45, 7) is 14.9. The van der Waals surface area contributed by atoms with Crippen LogP contribution >= 0.6 is 0 Å². The standard InChI is InChI=1S/C32H58O3Si2/c1-8-9-10-11-12-13-14-15-16-17-18-19-20-21-22-23-24-26-29-27-25-28-30(34-36(2,3)4)31(29)32(33)35-37(5,6)7/h13-14,25,27-28H,8-12,15-24,26H2,1-7H3/b14-13-. The lowest BCUT2D eigenvalue weighted by molar-refractivity contribution is 0.0721. The van der Waals surface area contributed by atoms with Crippen molar-refractivity contribution in [3.05, 3.63) is 41.5 Å². The molecule has 0 amide bonds. The molecule has 0 aromatic heterocycles. The minimum absolute atomic E-state index is 0.203. The summed E-state index contributed by atoms with van der Waals surface area (Å²) in [6, 6.07) is 6.05. The zero-order chi connectivity index (χ0) is 27.6. The van der Waals surface area contributed by atoms with Crippen LogP contribution in [0.2, 0.25) is 39.3 Å². The number of hydrogen-bond acceptors (Lipinski definition) is 3. The van der Waals surface area contributed by atoms with Crippen LogP contribution in [0.25, 0.3) is 0 Å². The zero-order valence-electron chi connectivity index (χ0n) is 25.4. The molecule has 0 spiro atoms. The maximum atomic E-state index is 13.1. The van der Waals surface area contributed by atoms with Crippen molar-refractivity contribution >= 4 is 22.6 Å². The molecule has 0 radical (unpaired) electrons. The number of unbranched alkanes of at least 4 members (excludes halogenated alkanes) is 13. The van der Waals surface area contributed by atoms with Gasteiger partial charge in [-0.2, -0.15) is 0 Å². The lowest BCUT2D eigenvalue weighted by Gasteiger charge is -2.24. The number of hydrogen-bond donors (Lipinski definition) is 0. The molecule has 0 aliphatic carbocycles. The summed E-state index contributed by atoms with van der Waals surface area (Å²) in [5.74, 6) is 0.507. The Morgan fingerprint density at radius 3 is 1.73 bits per heavy atom. The van der Waals surface area contributed by atoms with E-state index in [-0.39, 0.29) is 5.97 Å². The van der Waals surface area contributed by atoms with E-state index in [1.807, 2.05) is 12.1 Å². The van der Waals surface area contributed by atoms with Crippen molar-refractivity contribution in [3.8, 4) is 5.75 Å². The minimum Gasteiger partial charge on any atom is -0.544 e. The summed E-state index contributed by atoms with van der Waals surface area (Å²) in [5.41, 5.74) is 1.74. The third-order valence-electron chi connectivity index (χ3n) is 6.34. The monoisotopic (exact) mass is 546 g/mol. The highest BCUT2D eigenvalue weighted by molar-refractivity contribution is 6.71. The van der Waals surface area contributed by atoms with Gasteiger partial charge in [0, 0.05) is 0 Å². The molecule has 37 heavy (non-hydrogen) atoms. The number of carbonyl (C=O) groups excluding carboxylic acids is 1. The normalized spacial score (nSPS) is 12.3. The van der Waals surface area contributed by atoms with Gasteiger partial charge >= 0.3 is 5.97 Å². The van der Waals surface area contributed by atoms with Crippen molar-refractivity contribution in [2.24, 2.45) is 0 Å². The van der Waals surface area contributed by atoms with E-state index in [2.05, 4.69) is 64.4 Å². The maximum absolute atomic E-state index is 13.1. The van der Waals surface area contributed by atoms with Crippen molar-refractivity contribution in [1.82, 2.24) is 0 Å². The topological polar surface area (TPSA) is 35.5 Å². The minimum atomic E-state index is -1.98. The predicted molar refractivity (Wildman–Crippen MR) is 167 cm³/mol. The Hall–Kier alpha value is -1.34. The summed E-state index contributed by atoms with van der Waals surface area (Å²) >= 11 is 0. The predicted octanol–water partition coefficient (Wildman–Crippen LogP) is 10.9. The van der Waals surface area contributed by atoms with E-state index in [0.717, 1.165) is 18.4 Å². The molecule has 0 saturated heterocycles. The molecule has 212 valence electrons. The van der Waals surface area contributed by atoms with Gasteiger partial charge in [-0.15, -0.1) is 0 Å². The molecule has 0 atom stereocenters. The van der Waals surface area contributed by atoms with Crippen LogP contribution in [0.1, 0.15) is 119 Å². The van der Waals surface area contributed by atoms with Gasteiger partial charge in [0.25, 0.3) is 0 Å². The molecule has 0 fully saturated rings. The lowest BCUT2D eigenvalue weighted by atomic mass is 9.99. The summed E-state index contributed by atoms with van der Waals surface area (Å²) in [5, 5.41) is 0. The molecule has 3 nitrogen and oxygen atoms in total. The Labute approximate surface area is 232 Å². The van der Waals surface area contributed by atoms with Gasteiger partial charge in [0.05, 0.1) is 0 Å². The van der Waals surface area contributed by atoms with Crippen LogP contribution < -0.4 is 4.43 Å². The molecule has 0 bridgehead atoms. The zero-order valence-corrected chi connectivity index (χ0v) is 27.4. The van der Waals surface area contributed by atoms with Crippen molar-refractivity contribution in [3.63, 3.8) is 0 Å². The second kappa shape index (κ2) is 18.8. The Morgan fingerprint density at radius 2 is 1.22 bits per heavy atom. The first-order chi connectivity index (χ1) is 17.5. The van der Waals surface area contributed by atoms with E-state index in [0.29, 0.717) is 11.3 Å². The van der Waals surface area contributed by atoms with Crippen LogP contribution in [0.15, 0.2) is 30.4 Å². The number of benzene rings is 1. The first-order valence-electron chi connectivity index (χ1n) is 15.2. The number of rotatable bonds is 21. The quantitative estimate of drug-likeness (QED) is 0.0873. The van der Waals surface area contributed by atoms with E-state index < -0.39 is 16.6 Å². The Balaban J connectivity index is 2.30. The molecular formula is C32H58O3Si2. The van der Waals surface area contributed by atoms with Gasteiger partial charge in [-0.1, -0.05) is 95.4 Å². The third kappa shape index (κ3) is 17.7. The second-order valence-corrected chi connectivity index (χ2v) is 21.4. The Kier molecular flexibility index (Phi) is 17.2. The van der Waals surface area contributed by atoms with Gasteiger partial charge in [-0.25, -0.2) is 4.79 Å². The number of carbonyl (C=O) groups is 1. The van der Waals surface area contributed by atoms with Crippen LogP contribution in [-0.4, -0.2) is 22.6 Å². The van der Waals surface area contributed by atoms with E-state index in [1.54, 1.807) is 0 Å². The van der Waals surface area contributed by atoms with Gasteiger partial charge in [0.1, 0.15) is 11.3 Å². The largest absolute Gasteiger partial charge is 0.544 e. The number of aryl methyl sites for hydroxylation is 1. The van der Waals surface area contributed by atoms with Crippen LogP contribution in [-0.2, 0) is 10.8 Å². The van der Waals surface area contributed by atoms with Crippen molar-refractivity contribution in [1.29, 1.82) is 0 Å². The Bertz CT molecular complexity index is 775. The molecular weight excluding hydrogens is 489 g/mol. The first kappa shape index (κ1) is 33.7. The molecule has 0 unspecified atom stereocenters. The van der Waals surface area contributed by atoms with Crippen LogP contribution in [0.5, 0.6) is 5.75 Å². The van der Waals surface area contributed by atoms with Gasteiger partial charge < -0.3 is 8.85 Å². The molecule has 0 saturated carbocycles. The van der Waals surface area contributed by atoms with E-state index >= 15 is 0 Å². The molecule has 1 aromatic rings. The maximum Gasteiger partial charge on any atom is 0.328 e. The summed E-state index contributed by atoms with van der Waals surface area (Å²) < 4.78 is 12.2. The highest BCUT2D eigenvalue weighted by Gasteiger charge is 2.27. The van der Waals surface area contributed by atoms with E-state index in [9.17, 15) is 4.79 Å². The lowest BCUT2D eigenvalue weighted by Crippen LogP contribution is -2.32. The summed E-state index contributed by atoms with van der Waals surface area (Å²) in [4.78, 5) is 13.1. The average molecular weight is 547 g/mol. The number of allylic oxidation sites excluding steroid dienone is 2. The fourth-order valence-corrected chi connectivity index (χ4v) is 5.99. The van der Waals surface area contributed by atoms with Crippen LogP contribution in [0.4, 0.5) is 0 Å². The molecule has 1 rings (SSSR count). The Morgan fingerprint density at radius 1 is 0.703 bits per heavy atom. The van der Waals surface area contributed by atoms with Crippen LogP contribution in [0.3, 0.4) is 0 Å². The van der Waals surface area contributed by atoms with Gasteiger partial charge in [-0.05, 0) is 89.4 Å². The molecule has 0 aliphatic rings. The van der Waals surface area contributed by atoms with Gasteiger partial charge in [0.15, 0.2) is 0 Å². The second-order valence-electron chi connectivity index (χ2n) is 12.5. The van der Waals surface area contributed by atoms with Crippen molar-refractivity contribution in [2.45, 2.75) is 149 Å². The smallest absolute Gasteiger partial charge is 0.328 e. The van der Waals surface area contributed by atoms with E-state index in [4.69, 9.17) is 8.85 Å². The van der Waals surface area contributed by atoms with Gasteiger partial charge in [-0.3, -0.25) is 0 Å². The summed E-state index contributed by atoms with van der Waals surface area (Å²) in [6.07, 6.45) is 25.4. The third-order valence-corrected chi connectivity index (χ3v) is 7.97. The highest BCUT2D eigenvalue weighted by Crippen LogP contribution is 2.28. The van der Waals surface area contributed by atoms with Gasteiger partial charge in [0.2, 0.25) is 16.6 Å². The molecule has 0 heterocycles. The molecule has 5 heteroatoms. The fraction of sp³-hybridized carbons (Fsp3) is 0.719. The molecule has 1 aromatic carbocycles. The van der Waals surface area contributed by atoms with Crippen molar-refractivity contribution in [2.75, 3.05) is 0 Å². The SMILES string of the molecule is CCCCCC/C=C\CCCCCCCCCCCc1cccc(O[Si](C)(C)C)c1C(=O)O[Si](C)(C)C. The molecule has 0 aliphatic heterocycles. The fourth-order valence-electron chi connectivity index (χ4n) is 4.50. The first-order valence-corrected chi connectivity index (χ1v) is 22.0. The molecule has 0 N–H and O–H groups in total. The summed E-state index contributed by atoms with van der Waals surface area (Å²) in [7, 11) is -3.82. The highest BCUT2D eigenvalue weighted by atomic mass is 28.4.